The maximum Gasteiger partial charge on any atom is 0.323 e. The Morgan fingerprint density at radius 3 is 2.67 bits per heavy atom. The average Bonchev–Trinajstić information content (AvgIpc) is 2.15. The van der Waals surface area contributed by atoms with Gasteiger partial charge >= 0.3 is 5.97 Å². The van der Waals surface area contributed by atoms with Gasteiger partial charge in [-0.3, -0.25) is 9.69 Å². The molecule has 3 nitrogen and oxygen atoms in total. The lowest BCUT2D eigenvalue weighted by Crippen LogP contribution is -2.58. The van der Waals surface area contributed by atoms with E-state index in [0.29, 0.717) is 4.75 Å². The molecule has 15 heavy (non-hydrogen) atoms. The first-order valence-corrected chi connectivity index (χ1v) is 6.80. The number of thioether (sulfide) groups is 1. The molecule has 86 valence electrons. The van der Waals surface area contributed by atoms with Crippen LogP contribution in [0.25, 0.3) is 0 Å². The number of esters is 1. The van der Waals surface area contributed by atoms with Gasteiger partial charge in [-0.25, -0.2) is 0 Å². The van der Waals surface area contributed by atoms with Crippen molar-refractivity contribution in [3.8, 4) is 0 Å². The highest BCUT2D eigenvalue weighted by atomic mass is 32.2. The smallest absolute Gasteiger partial charge is 0.323 e. The van der Waals surface area contributed by atoms with Crippen LogP contribution in [0.1, 0.15) is 25.7 Å². The molecular weight excluding hydrogens is 210 g/mol. The topological polar surface area (TPSA) is 29.5 Å². The van der Waals surface area contributed by atoms with Crippen LogP contribution in [0.5, 0.6) is 0 Å². The second kappa shape index (κ2) is 4.34. The van der Waals surface area contributed by atoms with Gasteiger partial charge in [-0.05, 0) is 25.5 Å². The molecule has 2 rings (SSSR count). The monoisotopic (exact) mass is 229 g/mol. The minimum absolute atomic E-state index is 0.0413. The van der Waals surface area contributed by atoms with Crippen molar-refractivity contribution >= 4 is 17.7 Å². The zero-order valence-electron chi connectivity index (χ0n) is 9.49. The summed E-state index contributed by atoms with van der Waals surface area (Å²) in [5.41, 5.74) is 0. The van der Waals surface area contributed by atoms with Gasteiger partial charge in [-0.2, -0.15) is 11.8 Å². The van der Waals surface area contributed by atoms with E-state index in [1.165, 1.54) is 26.4 Å². The van der Waals surface area contributed by atoms with Crippen LogP contribution in [0.2, 0.25) is 0 Å². The molecule has 0 bridgehead atoms. The summed E-state index contributed by atoms with van der Waals surface area (Å²) in [6.45, 7) is 2.12. The van der Waals surface area contributed by atoms with Gasteiger partial charge < -0.3 is 4.74 Å². The van der Waals surface area contributed by atoms with Gasteiger partial charge in [0.2, 0.25) is 0 Å². The Balaban J connectivity index is 1.87. The van der Waals surface area contributed by atoms with Crippen molar-refractivity contribution in [2.75, 3.05) is 26.5 Å². The maximum absolute atomic E-state index is 11.4. The Morgan fingerprint density at radius 2 is 2.33 bits per heavy atom. The number of hydrogen-bond acceptors (Lipinski definition) is 4. The van der Waals surface area contributed by atoms with E-state index in [1.807, 2.05) is 11.8 Å². The summed E-state index contributed by atoms with van der Waals surface area (Å²) in [5.74, 6) is -0.0585. The molecule has 4 heteroatoms. The van der Waals surface area contributed by atoms with E-state index in [1.54, 1.807) is 0 Å². The van der Waals surface area contributed by atoms with Crippen LogP contribution in [0.15, 0.2) is 0 Å². The van der Waals surface area contributed by atoms with Crippen molar-refractivity contribution in [2.24, 2.45) is 0 Å². The third-order valence-electron chi connectivity index (χ3n) is 3.79. The third kappa shape index (κ3) is 2.02. The Labute approximate surface area is 95.5 Å². The van der Waals surface area contributed by atoms with Crippen LogP contribution in [0.4, 0.5) is 0 Å². The molecule has 0 radical (unpaired) electrons. The largest absolute Gasteiger partial charge is 0.468 e. The standard InChI is InChI=1S/C11H19NO2S/c1-14-10(13)9-4-7-12(9)8-11(15-2)5-3-6-11/h9H,3-8H2,1-2H3. The minimum Gasteiger partial charge on any atom is -0.468 e. The summed E-state index contributed by atoms with van der Waals surface area (Å²) in [5, 5.41) is 0. The zero-order chi connectivity index (χ0) is 10.9. The maximum atomic E-state index is 11.4. The van der Waals surface area contributed by atoms with Crippen LogP contribution in [0, 0.1) is 0 Å². The Bertz CT molecular complexity index is 247. The number of nitrogens with zero attached hydrogens (tertiary/aromatic N) is 1. The molecule has 1 heterocycles. The summed E-state index contributed by atoms with van der Waals surface area (Å²) in [6, 6.07) is 0.0413. The van der Waals surface area contributed by atoms with E-state index in [-0.39, 0.29) is 12.0 Å². The Morgan fingerprint density at radius 1 is 1.60 bits per heavy atom. The van der Waals surface area contributed by atoms with Crippen LogP contribution in [0.3, 0.4) is 0 Å². The molecule has 1 aliphatic heterocycles. The number of rotatable bonds is 4. The molecule has 0 aromatic rings. The van der Waals surface area contributed by atoms with Crippen molar-refractivity contribution in [1.29, 1.82) is 0 Å². The number of hydrogen-bond donors (Lipinski definition) is 0. The van der Waals surface area contributed by atoms with Gasteiger partial charge in [0.05, 0.1) is 7.11 Å². The number of likely N-dealkylation sites (tertiary alicyclic amines) is 1. The van der Waals surface area contributed by atoms with E-state index < -0.39 is 0 Å². The van der Waals surface area contributed by atoms with Gasteiger partial charge in [0.15, 0.2) is 0 Å². The van der Waals surface area contributed by atoms with Crippen molar-refractivity contribution in [2.45, 2.75) is 36.5 Å². The first-order valence-electron chi connectivity index (χ1n) is 5.58. The van der Waals surface area contributed by atoms with Gasteiger partial charge in [0.25, 0.3) is 0 Å². The molecule has 1 aliphatic carbocycles. The summed E-state index contributed by atoms with van der Waals surface area (Å²) < 4.78 is 5.23. The molecule has 2 aliphatic rings. The number of methoxy groups -OCH3 is 1. The quantitative estimate of drug-likeness (QED) is 0.684. The number of ether oxygens (including phenoxy) is 1. The predicted octanol–water partition coefficient (Wildman–Crippen LogP) is 1.52. The molecule has 1 saturated heterocycles. The second-order valence-corrected chi connectivity index (χ2v) is 5.81. The van der Waals surface area contributed by atoms with Crippen LogP contribution in [-0.2, 0) is 9.53 Å². The fourth-order valence-electron chi connectivity index (χ4n) is 2.40. The van der Waals surface area contributed by atoms with Crippen molar-refractivity contribution in [3.63, 3.8) is 0 Å². The number of carbonyl (C=O) groups excluding carboxylic acids is 1. The van der Waals surface area contributed by atoms with Crippen molar-refractivity contribution in [1.82, 2.24) is 4.90 Å². The fraction of sp³-hybridized carbons (Fsp3) is 0.909. The van der Waals surface area contributed by atoms with Gasteiger partial charge in [-0.15, -0.1) is 0 Å². The highest BCUT2D eigenvalue weighted by Crippen LogP contribution is 2.44. The van der Waals surface area contributed by atoms with Crippen molar-refractivity contribution in [3.05, 3.63) is 0 Å². The second-order valence-electron chi connectivity index (χ2n) is 4.54. The summed E-state index contributed by atoms with van der Waals surface area (Å²) in [4.78, 5) is 13.7. The molecule has 1 unspecified atom stereocenters. The normalized spacial score (nSPS) is 29.1. The SMILES string of the molecule is COC(=O)C1CCN1CC1(SC)CCC1. The lowest BCUT2D eigenvalue weighted by atomic mass is 9.82. The minimum atomic E-state index is -0.0585. The van der Waals surface area contributed by atoms with E-state index in [9.17, 15) is 4.79 Å². The average molecular weight is 229 g/mol. The first kappa shape index (κ1) is 11.3. The first-order chi connectivity index (χ1) is 7.21. The zero-order valence-corrected chi connectivity index (χ0v) is 10.3. The molecule has 1 atom stereocenters. The molecule has 0 amide bonds. The van der Waals surface area contributed by atoms with E-state index >= 15 is 0 Å². The third-order valence-corrected chi connectivity index (χ3v) is 5.20. The highest BCUT2D eigenvalue weighted by Gasteiger charge is 2.43. The van der Waals surface area contributed by atoms with E-state index in [2.05, 4.69) is 11.2 Å². The molecule has 1 saturated carbocycles. The fourth-order valence-corrected chi connectivity index (χ4v) is 3.39. The summed E-state index contributed by atoms with van der Waals surface area (Å²) in [6.07, 6.45) is 7.11. The molecule has 0 spiro atoms. The predicted molar refractivity (Wildman–Crippen MR) is 62.1 cm³/mol. The summed E-state index contributed by atoms with van der Waals surface area (Å²) >= 11 is 1.96. The Kier molecular flexibility index (Phi) is 3.26. The highest BCUT2D eigenvalue weighted by molar-refractivity contribution is 8.00. The Hall–Kier alpha value is -0.220. The van der Waals surface area contributed by atoms with E-state index in [0.717, 1.165) is 19.5 Å². The molecule has 0 aromatic carbocycles. The van der Waals surface area contributed by atoms with Crippen LogP contribution >= 0.6 is 11.8 Å². The molecule has 0 aromatic heterocycles. The lowest BCUT2D eigenvalue weighted by molar-refractivity contribution is -0.152. The molecule has 2 fully saturated rings. The van der Waals surface area contributed by atoms with Crippen LogP contribution in [-0.4, -0.2) is 48.1 Å². The van der Waals surface area contributed by atoms with Gasteiger partial charge in [0, 0.05) is 17.8 Å². The molecular formula is C11H19NO2S. The van der Waals surface area contributed by atoms with Gasteiger partial charge in [-0.1, -0.05) is 6.42 Å². The molecule has 0 N–H and O–H groups in total. The van der Waals surface area contributed by atoms with Crippen molar-refractivity contribution < 1.29 is 9.53 Å². The lowest BCUT2D eigenvalue weighted by Gasteiger charge is -2.49. The van der Waals surface area contributed by atoms with Crippen LogP contribution < -0.4 is 0 Å². The van der Waals surface area contributed by atoms with Gasteiger partial charge in [0.1, 0.15) is 6.04 Å². The summed E-state index contributed by atoms with van der Waals surface area (Å²) in [7, 11) is 1.48. The number of carbonyl (C=O) groups is 1. The van der Waals surface area contributed by atoms with E-state index in [4.69, 9.17) is 4.74 Å².